The maximum Gasteiger partial charge on any atom is 0.311 e. The molecule has 0 radical (unpaired) electrons. The van der Waals surface area contributed by atoms with Gasteiger partial charge in [0.15, 0.2) is 18.7 Å². The molecular weight excluding hydrogens is 833 g/mol. The van der Waals surface area contributed by atoms with Crippen molar-refractivity contribution in [2.45, 2.75) is 205 Å². The summed E-state index contributed by atoms with van der Waals surface area (Å²) in [5.74, 6) is -4.59. The number of hydrogen-bond donors (Lipinski definition) is 6. The van der Waals surface area contributed by atoms with E-state index in [1.165, 1.54) is 27.9 Å². The molecule has 18 atom stereocenters. The summed E-state index contributed by atoms with van der Waals surface area (Å²) in [6.45, 7) is 24.6. The third kappa shape index (κ3) is 14.2. The molecule has 3 aliphatic rings. The van der Waals surface area contributed by atoms with Crippen LogP contribution in [-0.2, 0) is 47.5 Å². The first kappa shape index (κ1) is 56.3. The molecule has 3 heterocycles. The lowest BCUT2D eigenvalue weighted by molar-refractivity contribution is -0.318. The fourth-order valence-electron chi connectivity index (χ4n) is 9.74. The van der Waals surface area contributed by atoms with Crippen molar-refractivity contribution in [2.75, 3.05) is 53.9 Å². The number of esters is 2. The minimum Gasteiger partial charge on any atom is -0.459 e. The Kier molecular flexibility index (Phi) is 21.3. The minimum atomic E-state index is -2.00. The Morgan fingerprint density at radius 3 is 2.14 bits per heavy atom. The lowest BCUT2D eigenvalue weighted by atomic mass is 9.77. The molecule has 0 saturated carbocycles. The molecule has 3 aliphatic heterocycles. The van der Waals surface area contributed by atoms with Crippen molar-refractivity contribution in [1.82, 2.24) is 20.4 Å². The van der Waals surface area contributed by atoms with Gasteiger partial charge in [0.1, 0.15) is 29.5 Å². The Labute approximate surface area is 382 Å². The normalized spacial score (nSPS) is 42.1. The van der Waals surface area contributed by atoms with Crippen molar-refractivity contribution in [3.63, 3.8) is 0 Å². The third-order valence-corrected chi connectivity index (χ3v) is 13.9. The van der Waals surface area contributed by atoms with Gasteiger partial charge in [-0.2, -0.15) is 0 Å². The van der Waals surface area contributed by atoms with Crippen LogP contribution in [0.1, 0.15) is 115 Å². The molecule has 374 valence electrons. The molecule has 3 fully saturated rings. The van der Waals surface area contributed by atoms with E-state index in [0.29, 0.717) is 13.0 Å². The van der Waals surface area contributed by atoms with E-state index in [-0.39, 0.29) is 37.8 Å². The molecule has 6 N–H and O–H groups in total. The zero-order chi connectivity index (χ0) is 48.5. The Hall–Kier alpha value is -2.07. The summed E-state index contributed by atoms with van der Waals surface area (Å²) in [5, 5.41) is 53.4. The van der Waals surface area contributed by atoms with Crippen LogP contribution in [0.25, 0.3) is 0 Å². The summed E-state index contributed by atoms with van der Waals surface area (Å²) in [6, 6.07) is -1.33. The Balaban J connectivity index is 2.05. The van der Waals surface area contributed by atoms with E-state index in [1.807, 2.05) is 25.9 Å². The van der Waals surface area contributed by atoms with Gasteiger partial charge in [-0.25, -0.2) is 0 Å². The van der Waals surface area contributed by atoms with Gasteiger partial charge in [0, 0.05) is 51.0 Å². The van der Waals surface area contributed by atoms with Crippen LogP contribution in [0.4, 0.5) is 0 Å². The first-order valence-electron chi connectivity index (χ1n) is 23.6. The van der Waals surface area contributed by atoms with Crippen LogP contribution < -0.4 is 10.6 Å². The lowest BCUT2D eigenvalue weighted by Crippen LogP contribution is -2.61. The van der Waals surface area contributed by atoms with E-state index in [4.69, 9.17) is 33.2 Å². The monoisotopic (exact) mass is 919 g/mol. The highest BCUT2D eigenvalue weighted by atomic mass is 16.7. The molecule has 1 amide bonds. The van der Waals surface area contributed by atoms with Crippen molar-refractivity contribution in [1.29, 1.82) is 0 Å². The highest BCUT2D eigenvalue weighted by Gasteiger charge is 2.54. The summed E-state index contributed by atoms with van der Waals surface area (Å²) >= 11 is 0. The first-order chi connectivity index (χ1) is 29.8. The van der Waals surface area contributed by atoms with Gasteiger partial charge in [0.05, 0.1) is 48.4 Å². The van der Waals surface area contributed by atoms with E-state index in [9.17, 15) is 34.8 Å². The summed E-state index contributed by atoms with van der Waals surface area (Å²) < 4.78 is 44.2. The second-order valence-corrected chi connectivity index (χ2v) is 19.6. The predicted octanol–water partition coefficient (Wildman–Crippen LogP) is 1.96. The maximum atomic E-state index is 14.4. The number of aliphatic hydroxyl groups is 4. The standard InChI is InChI=1S/C46H86N4O14/c1-16-33-46(12,57)38(53)30(8)48-41(54)26(4)24-44(10,56)39(64-43-36(52)32(49(13)14)23-27(5)59-43)28(6)37(29(7)42(55)61-33)63-35-25-45(11,58-15)40(31(9)60-35)62-34(51)19-20-47-21-22-50(17-2)18-3/h26-33,35-40,43,47,52-53,56-57H,16-25H2,1-15H3,(H,48,54)/t26-,27-,28+,29-,30-,31+,32+,33-,35+,36-,37+,38-,39-,40+,43+,44-,45-,46-/m1/s1. The van der Waals surface area contributed by atoms with Crippen LogP contribution in [0.3, 0.4) is 0 Å². The summed E-state index contributed by atoms with van der Waals surface area (Å²) in [7, 11) is 5.21. The number of carbonyl (C=O) groups excluding carboxylic acids is 3. The van der Waals surface area contributed by atoms with Crippen LogP contribution in [-0.4, -0.2) is 192 Å². The maximum absolute atomic E-state index is 14.4. The van der Waals surface area contributed by atoms with E-state index in [0.717, 1.165) is 26.2 Å². The van der Waals surface area contributed by atoms with Crippen molar-refractivity contribution in [2.24, 2.45) is 17.8 Å². The molecule has 3 rings (SSSR count). The van der Waals surface area contributed by atoms with Gasteiger partial charge in [0.2, 0.25) is 5.91 Å². The van der Waals surface area contributed by atoms with Crippen LogP contribution in [0, 0.1) is 17.8 Å². The Bertz CT molecular complexity index is 1470. The number of amides is 1. The van der Waals surface area contributed by atoms with Gasteiger partial charge >= 0.3 is 11.9 Å². The fraction of sp³-hybridized carbons (Fsp3) is 0.935. The van der Waals surface area contributed by atoms with Crippen LogP contribution in [0.2, 0.25) is 0 Å². The predicted molar refractivity (Wildman–Crippen MR) is 239 cm³/mol. The van der Waals surface area contributed by atoms with Crippen molar-refractivity contribution >= 4 is 17.8 Å². The molecule has 0 aromatic rings. The fourth-order valence-corrected chi connectivity index (χ4v) is 9.74. The number of methoxy groups -OCH3 is 1. The zero-order valence-electron chi connectivity index (χ0n) is 41.5. The van der Waals surface area contributed by atoms with Crippen LogP contribution in [0.15, 0.2) is 0 Å². The number of nitrogens with one attached hydrogen (secondary N) is 2. The molecule has 0 aliphatic carbocycles. The average molecular weight is 919 g/mol. The first-order valence-corrected chi connectivity index (χ1v) is 23.6. The number of ether oxygens (including phenoxy) is 7. The second kappa shape index (κ2) is 24.3. The molecule has 0 spiro atoms. The van der Waals surface area contributed by atoms with Gasteiger partial charge in [-0.1, -0.05) is 34.6 Å². The minimum absolute atomic E-state index is 0.0564. The number of hydrogen-bond acceptors (Lipinski definition) is 17. The number of likely N-dealkylation sites (N-methyl/N-ethyl adjacent to an activating group) is 2. The summed E-state index contributed by atoms with van der Waals surface area (Å²) in [6.07, 6.45) is -9.84. The highest BCUT2D eigenvalue weighted by Crippen LogP contribution is 2.40. The molecule has 0 aromatic carbocycles. The van der Waals surface area contributed by atoms with E-state index >= 15 is 0 Å². The number of cyclic esters (lactones) is 1. The number of rotatable bonds is 16. The molecule has 0 unspecified atom stereocenters. The van der Waals surface area contributed by atoms with Crippen molar-refractivity contribution in [3.8, 4) is 0 Å². The number of nitrogens with zero attached hydrogens (tertiary/aromatic N) is 2. The summed E-state index contributed by atoms with van der Waals surface area (Å²) in [4.78, 5) is 45.5. The average Bonchev–Trinajstić information content (AvgIpc) is 3.22. The topological polar surface area (TPSA) is 227 Å². The molecular formula is C46H86N4O14. The number of carbonyl (C=O) groups is 3. The summed E-state index contributed by atoms with van der Waals surface area (Å²) in [5.41, 5.74) is -4.94. The van der Waals surface area contributed by atoms with Gasteiger partial charge < -0.3 is 74.0 Å². The quantitative estimate of drug-likeness (QED) is 0.0961. The number of aliphatic hydroxyl groups excluding tert-OH is 2. The largest absolute Gasteiger partial charge is 0.459 e. The molecule has 0 aromatic heterocycles. The van der Waals surface area contributed by atoms with Gasteiger partial charge in [-0.05, 0) is 94.9 Å². The van der Waals surface area contributed by atoms with E-state index in [1.54, 1.807) is 41.5 Å². The molecule has 64 heavy (non-hydrogen) atoms. The Morgan fingerprint density at radius 1 is 0.922 bits per heavy atom. The lowest BCUT2D eigenvalue weighted by Gasteiger charge is -2.49. The zero-order valence-corrected chi connectivity index (χ0v) is 41.5. The SMILES string of the molecule is CC[C@H]1OC(=O)[C@H](C)[C@@H](O[C@H]2C[C@@](C)(OC)[C@@H](OC(=O)CCNCCN(CC)CC)[C@H](C)O2)[C@H](C)[C@@H](O[C@@H]2O[C@H](C)C[C@H](N(C)C)[C@H]2O)[C@](C)(O)C[C@@H](C)C(=O)N[C@H](C)[C@@H](O)[C@]1(C)O. The van der Waals surface area contributed by atoms with E-state index < -0.39 is 114 Å². The molecule has 18 heteroatoms. The smallest absolute Gasteiger partial charge is 0.311 e. The van der Waals surface area contributed by atoms with Gasteiger partial charge in [-0.3, -0.25) is 14.4 Å². The van der Waals surface area contributed by atoms with Gasteiger partial charge in [0.25, 0.3) is 0 Å². The van der Waals surface area contributed by atoms with Crippen LogP contribution >= 0.6 is 0 Å². The van der Waals surface area contributed by atoms with E-state index in [2.05, 4.69) is 29.4 Å². The third-order valence-electron chi connectivity index (χ3n) is 13.9. The van der Waals surface area contributed by atoms with Crippen molar-refractivity contribution < 1.29 is 68.0 Å². The van der Waals surface area contributed by atoms with Crippen molar-refractivity contribution in [3.05, 3.63) is 0 Å². The Morgan fingerprint density at radius 2 is 1.56 bits per heavy atom. The molecule has 3 saturated heterocycles. The molecule has 0 bridgehead atoms. The molecule has 18 nitrogen and oxygen atoms in total. The van der Waals surface area contributed by atoms with Gasteiger partial charge in [-0.15, -0.1) is 0 Å². The van der Waals surface area contributed by atoms with Crippen LogP contribution in [0.5, 0.6) is 0 Å². The second-order valence-electron chi connectivity index (χ2n) is 19.6. The highest BCUT2D eigenvalue weighted by molar-refractivity contribution is 5.78.